The highest BCUT2D eigenvalue weighted by molar-refractivity contribution is 7.16. The van der Waals surface area contributed by atoms with Crippen LogP contribution in [0.4, 0.5) is 0 Å². The molecule has 0 atom stereocenters. The first kappa shape index (κ1) is 18.3. The van der Waals surface area contributed by atoms with Crippen molar-refractivity contribution < 1.29 is 9.53 Å². The van der Waals surface area contributed by atoms with Crippen molar-refractivity contribution in [3.63, 3.8) is 0 Å². The van der Waals surface area contributed by atoms with Gasteiger partial charge in [-0.05, 0) is 43.7 Å². The number of carbonyl (C=O) groups is 1. The second kappa shape index (κ2) is 8.27. The van der Waals surface area contributed by atoms with Gasteiger partial charge < -0.3 is 9.30 Å². The number of ether oxygens (including phenoxy) is 1. The largest absolute Gasteiger partial charge is 0.380 e. The molecule has 0 spiro atoms. The summed E-state index contributed by atoms with van der Waals surface area (Å²) in [5, 5.41) is 0. The van der Waals surface area contributed by atoms with Gasteiger partial charge in [0.25, 0.3) is 5.91 Å². The van der Waals surface area contributed by atoms with E-state index in [9.17, 15) is 4.79 Å². The third-order valence-electron chi connectivity index (χ3n) is 3.68. The van der Waals surface area contributed by atoms with Gasteiger partial charge in [0.05, 0.1) is 27.6 Å². The normalized spacial score (nSPS) is 12.2. The van der Waals surface area contributed by atoms with Gasteiger partial charge in [-0.2, -0.15) is 4.99 Å². The highest BCUT2D eigenvalue weighted by Gasteiger charge is 2.10. The number of thiophene rings is 1. The van der Waals surface area contributed by atoms with Crippen molar-refractivity contribution in [2.75, 3.05) is 13.2 Å². The maximum Gasteiger partial charge on any atom is 0.253 e. The van der Waals surface area contributed by atoms with Crippen LogP contribution in [0.25, 0.3) is 10.2 Å². The highest BCUT2D eigenvalue weighted by atomic mass is 35.5. The van der Waals surface area contributed by atoms with Gasteiger partial charge >= 0.3 is 0 Å². The average Bonchev–Trinajstić information content (AvgIpc) is 3.11. The summed E-state index contributed by atoms with van der Waals surface area (Å²) in [6.45, 7) is 5.98. The molecule has 2 aromatic heterocycles. The SMILES string of the molecule is CCOCCn1c(=NC(=O)Cc2ccc(Cl)s2)sc2cc(C)ccc21. The van der Waals surface area contributed by atoms with Crippen molar-refractivity contribution in [2.24, 2.45) is 4.99 Å². The molecule has 0 bridgehead atoms. The number of fused-ring (bicyclic) bond motifs is 1. The van der Waals surface area contributed by atoms with Crippen LogP contribution in [0.15, 0.2) is 35.3 Å². The molecule has 2 heterocycles. The Labute approximate surface area is 159 Å². The summed E-state index contributed by atoms with van der Waals surface area (Å²) >= 11 is 8.88. The van der Waals surface area contributed by atoms with Crippen molar-refractivity contribution in [2.45, 2.75) is 26.8 Å². The molecule has 4 nitrogen and oxygen atoms in total. The maximum absolute atomic E-state index is 12.4. The van der Waals surface area contributed by atoms with Crippen LogP contribution in [0.5, 0.6) is 0 Å². The smallest absolute Gasteiger partial charge is 0.253 e. The fourth-order valence-corrected chi connectivity index (χ4v) is 4.77. The van der Waals surface area contributed by atoms with Gasteiger partial charge in [-0.1, -0.05) is 29.0 Å². The Kier molecular flexibility index (Phi) is 6.06. The minimum Gasteiger partial charge on any atom is -0.380 e. The lowest BCUT2D eigenvalue weighted by molar-refractivity contribution is -0.117. The van der Waals surface area contributed by atoms with Crippen LogP contribution >= 0.6 is 34.3 Å². The van der Waals surface area contributed by atoms with Crippen molar-refractivity contribution in [3.8, 4) is 0 Å². The quantitative estimate of drug-likeness (QED) is 0.580. The zero-order valence-corrected chi connectivity index (χ0v) is 16.5. The predicted molar refractivity (Wildman–Crippen MR) is 105 cm³/mol. The Hall–Kier alpha value is -1.47. The number of thiazole rings is 1. The number of carbonyl (C=O) groups excluding carboxylic acids is 1. The zero-order valence-electron chi connectivity index (χ0n) is 14.1. The first-order valence-corrected chi connectivity index (χ1v) is 10.1. The molecule has 25 heavy (non-hydrogen) atoms. The van der Waals surface area contributed by atoms with Crippen LogP contribution in [0, 0.1) is 6.92 Å². The minimum atomic E-state index is -0.160. The van der Waals surface area contributed by atoms with E-state index in [4.69, 9.17) is 16.3 Å². The Morgan fingerprint density at radius 1 is 1.28 bits per heavy atom. The first-order valence-electron chi connectivity index (χ1n) is 8.06. The van der Waals surface area contributed by atoms with E-state index >= 15 is 0 Å². The fourth-order valence-electron chi connectivity index (χ4n) is 2.52. The lowest BCUT2D eigenvalue weighted by Gasteiger charge is -2.05. The van der Waals surface area contributed by atoms with Crippen LogP contribution in [-0.2, 0) is 22.5 Å². The van der Waals surface area contributed by atoms with Gasteiger partial charge in [0, 0.05) is 18.0 Å². The van der Waals surface area contributed by atoms with E-state index in [2.05, 4.69) is 34.7 Å². The van der Waals surface area contributed by atoms with Crippen molar-refractivity contribution >= 4 is 50.4 Å². The first-order chi connectivity index (χ1) is 12.1. The lowest BCUT2D eigenvalue weighted by atomic mass is 10.2. The molecule has 0 aliphatic heterocycles. The number of hydrogen-bond donors (Lipinski definition) is 0. The molecule has 1 amide bonds. The zero-order chi connectivity index (χ0) is 17.8. The summed E-state index contributed by atoms with van der Waals surface area (Å²) in [6.07, 6.45) is 0.274. The van der Waals surface area contributed by atoms with Crippen LogP contribution < -0.4 is 4.80 Å². The highest BCUT2D eigenvalue weighted by Crippen LogP contribution is 2.22. The molecule has 0 fully saturated rings. The summed E-state index contributed by atoms with van der Waals surface area (Å²) in [6, 6.07) is 9.96. The van der Waals surface area contributed by atoms with Crippen molar-refractivity contribution in [1.82, 2.24) is 4.57 Å². The number of aryl methyl sites for hydroxylation is 1. The molecule has 3 aromatic rings. The summed E-state index contributed by atoms with van der Waals surface area (Å²) in [5.74, 6) is -0.160. The van der Waals surface area contributed by atoms with E-state index in [-0.39, 0.29) is 12.3 Å². The average molecular weight is 395 g/mol. The van der Waals surface area contributed by atoms with Crippen molar-refractivity contribution in [1.29, 1.82) is 0 Å². The Morgan fingerprint density at radius 2 is 2.12 bits per heavy atom. The molecule has 0 aliphatic carbocycles. The summed E-state index contributed by atoms with van der Waals surface area (Å²) in [4.78, 5) is 18.4. The Morgan fingerprint density at radius 3 is 2.84 bits per heavy atom. The number of amides is 1. The van der Waals surface area contributed by atoms with Crippen LogP contribution in [0.3, 0.4) is 0 Å². The monoisotopic (exact) mass is 394 g/mol. The van der Waals surface area contributed by atoms with Gasteiger partial charge in [0.1, 0.15) is 0 Å². The van der Waals surface area contributed by atoms with E-state index in [1.807, 2.05) is 13.0 Å². The number of rotatable bonds is 6. The number of benzene rings is 1. The second-order valence-electron chi connectivity index (χ2n) is 5.59. The topological polar surface area (TPSA) is 43.6 Å². The number of nitrogens with zero attached hydrogens (tertiary/aromatic N) is 2. The molecular weight excluding hydrogens is 376 g/mol. The molecular formula is C18H19ClN2O2S2. The molecule has 3 rings (SSSR count). The Bertz CT molecular complexity index is 956. The molecule has 0 N–H and O–H groups in total. The van der Waals surface area contributed by atoms with E-state index in [1.54, 1.807) is 6.07 Å². The van der Waals surface area contributed by atoms with Gasteiger partial charge in [0.15, 0.2) is 4.80 Å². The van der Waals surface area contributed by atoms with Gasteiger partial charge in [-0.25, -0.2) is 0 Å². The molecule has 0 aliphatic rings. The number of hydrogen-bond acceptors (Lipinski definition) is 4. The predicted octanol–water partition coefficient (Wildman–Crippen LogP) is 4.43. The summed E-state index contributed by atoms with van der Waals surface area (Å²) in [7, 11) is 0. The second-order valence-corrected chi connectivity index (χ2v) is 8.40. The fraction of sp³-hybridized carbons (Fsp3) is 0.333. The van der Waals surface area contributed by atoms with Crippen LogP contribution in [0.2, 0.25) is 4.34 Å². The van der Waals surface area contributed by atoms with E-state index in [1.165, 1.54) is 28.2 Å². The molecule has 7 heteroatoms. The van der Waals surface area contributed by atoms with E-state index < -0.39 is 0 Å². The third-order valence-corrected chi connectivity index (χ3v) is 5.95. The maximum atomic E-state index is 12.4. The third kappa shape index (κ3) is 4.58. The summed E-state index contributed by atoms with van der Waals surface area (Å²) < 4.78 is 9.36. The molecule has 132 valence electrons. The molecule has 0 radical (unpaired) electrons. The molecule has 0 unspecified atom stereocenters. The Balaban J connectivity index is 1.94. The van der Waals surface area contributed by atoms with Gasteiger partial charge in [-0.15, -0.1) is 11.3 Å². The number of aromatic nitrogens is 1. The minimum absolute atomic E-state index is 0.160. The van der Waals surface area contributed by atoms with Crippen molar-refractivity contribution in [3.05, 3.63) is 49.9 Å². The molecule has 0 saturated heterocycles. The van der Waals surface area contributed by atoms with E-state index in [0.717, 1.165) is 15.1 Å². The summed E-state index contributed by atoms with van der Waals surface area (Å²) in [5.41, 5.74) is 2.28. The molecule has 0 saturated carbocycles. The van der Waals surface area contributed by atoms with Crippen LogP contribution in [-0.4, -0.2) is 23.7 Å². The lowest BCUT2D eigenvalue weighted by Crippen LogP contribution is -2.20. The van der Waals surface area contributed by atoms with E-state index in [0.29, 0.717) is 28.9 Å². The van der Waals surface area contributed by atoms with Gasteiger partial charge in [0.2, 0.25) is 0 Å². The van der Waals surface area contributed by atoms with Crippen LogP contribution in [0.1, 0.15) is 17.4 Å². The standard InChI is InChI=1S/C18H19ClN2O2S2/c1-3-23-9-8-21-14-6-4-12(2)10-15(14)25-18(21)20-17(22)11-13-5-7-16(19)24-13/h4-7,10H,3,8-9,11H2,1-2H3. The molecule has 1 aromatic carbocycles. The number of halogens is 1. The van der Waals surface area contributed by atoms with Gasteiger partial charge in [-0.3, -0.25) is 4.79 Å².